The summed E-state index contributed by atoms with van der Waals surface area (Å²) >= 11 is 0. The first kappa shape index (κ1) is 21.2. The first-order valence-corrected chi connectivity index (χ1v) is 10.5. The van der Waals surface area contributed by atoms with Crippen molar-refractivity contribution in [3.63, 3.8) is 0 Å². The fourth-order valence-electron chi connectivity index (χ4n) is 3.65. The molecule has 1 amide bonds. The Morgan fingerprint density at radius 3 is 2.50 bits per heavy atom. The Bertz CT molecular complexity index is 748. The fraction of sp³-hybridized carbons (Fsp3) is 0.611. The van der Waals surface area contributed by atoms with Crippen molar-refractivity contribution < 1.29 is 13.2 Å². The minimum Gasteiger partial charge on any atom is -0.338 e. The molecule has 3 rings (SSSR count). The number of hydrogen-bond acceptors (Lipinski definition) is 4. The number of piperidine rings is 1. The van der Waals surface area contributed by atoms with Gasteiger partial charge < -0.3 is 10.6 Å². The van der Waals surface area contributed by atoms with Gasteiger partial charge >= 0.3 is 0 Å². The fourth-order valence-corrected chi connectivity index (χ4v) is 5.42. The number of likely N-dealkylation sites (tertiary alicyclic amines) is 1. The number of nitrogens with two attached hydrogens (primary N) is 1. The molecule has 6 nitrogen and oxygen atoms in total. The second kappa shape index (κ2) is 8.69. The van der Waals surface area contributed by atoms with E-state index in [4.69, 9.17) is 5.73 Å². The molecule has 0 aliphatic carbocycles. The lowest BCUT2D eigenvalue weighted by Crippen LogP contribution is -2.36. The average molecular weight is 402 g/mol. The van der Waals surface area contributed by atoms with Gasteiger partial charge in [-0.25, -0.2) is 8.42 Å². The topological polar surface area (TPSA) is 83.7 Å². The minimum absolute atomic E-state index is 0. The number of nitrogens with zero attached hydrogens (tertiary/aromatic N) is 2. The Hall–Kier alpha value is -1.15. The lowest BCUT2D eigenvalue weighted by molar-refractivity contribution is 0.0787. The number of aryl methyl sites for hydroxylation is 1. The normalized spacial score (nSPS) is 21.5. The van der Waals surface area contributed by atoms with E-state index in [0.717, 1.165) is 25.7 Å². The molecule has 26 heavy (non-hydrogen) atoms. The molecule has 1 aromatic carbocycles. The first-order valence-electron chi connectivity index (χ1n) is 9.03. The van der Waals surface area contributed by atoms with E-state index in [1.165, 1.54) is 0 Å². The van der Waals surface area contributed by atoms with E-state index in [9.17, 15) is 13.2 Å². The molecule has 2 fully saturated rings. The number of amides is 1. The Balaban J connectivity index is 0.00000243. The van der Waals surface area contributed by atoms with E-state index in [1.54, 1.807) is 34.3 Å². The number of hydrogen-bond donors (Lipinski definition) is 1. The molecule has 0 spiro atoms. The zero-order chi connectivity index (χ0) is 18.0. The van der Waals surface area contributed by atoms with Crippen molar-refractivity contribution in [2.45, 2.75) is 37.5 Å². The van der Waals surface area contributed by atoms with Crippen LogP contribution in [0.25, 0.3) is 0 Å². The van der Waals surface area contributed by atoms with Crippen molar-refractivity contribution in [2.75, 3.05) is 32.7 Å². The summed E-state index contributed by atoms with van der Waals surface area (Å²) in [5.41, 5.74) is 6.82. The third-order valence-electron chi connectivity index (χ3n) is 5.27. The predicted molar refractivity (Wildman–Crippen MR) is 104 cm³/mol. The molecule has 2 aliphatic rings. The summed E-state index contributed by atoms with van der Waals surface area (Å²) in [5.74, 6) is 0.233. The molecule has 0 aromatic heterocycles. The van der Waals surface area contributed by atoms with Crippen LogP contribution in [0.1, 0.15) is 41.6 Å². The molecular formula is C18H28ClN3O3S. The van der Waals surface area contributed by atoms with Crippen molar-refractivity contribution in [1.29, 1.82) is 0 Å². The van der Waals surface area contributed by atoms with Gasteiger partial charge in [0.2, 0.25) is 10.0 Å². The van der Waals surface area contributed by atoms with E-state index < -0.39 is 10.0 Å². The van der Waals surface area contributed by atoms with E-state index in [-0.39, 0.29) is 23.2 Å². The van der Waals surface area contributed by atoms with Crippen LogP contribution in [0.15, 0.2) is 23.1 Å². The summed E-state index contributed by atoms with van der Waals surface area (Å²) in [5, 5.41) is 0. The molecule has 1 aromatic rings. The van der Waals surface area contributed by atoms with Crippen LogP contribution in [0, 0.1) is 12.8 Å². The predicted octanol–water partition coefficient (Wildman–Crippen LogP) is 2.01. The van der Waals surface area contributed by atoms with Gasteiger partial charge in [0, 0.05) is 31.7 Å². The lowest BCUT2D eigenvalue weighted by Gasteiger charge is -2.27. The highest BCUT2D eigenvalue weighted by molar-refractivity contribution is 7.89. The minimum atomic E-state index is -3.55. The van der Waals surface area contributed by atoms with Gasteiger partial charge in [-0.3, -0.25) is 4.79 Å². The number of carbonyl (C=O) groups is 1. The zero-order valence-electron chi connectivity index (χ0n) is 15.2. The van der Waals surface area contributed by atoms with Crippen LogP contribution >= 0.6 is 12.4 Å². The highest BCUT2D eigenvalue weighted by Crippen LogP contribution is 2.26. The molecule has 1 atom stereocenters. The van der Waals surface area contributed by atoms with Gasteiger partial charge in [-0.15, -0.1) is 12.4 Å². The highest BCUT2D eigenvalue weighted by atomic mass is 35.5. The van der Waals surface area contributed by atoms with Crippen LogP contribution in [0.3, 0.4) is 0 Å². The number of halogens is 1. The van der Waals surface area contributed by atoms with Crippen molar-refractivity contribution in [2.24, 2.45) is 11.7 Å². The quantitative estimate of drug-likeness (QED) is 0.836. The lowest BCUT2D eigenvalue weighted by atomic mass is 10.1. The summed E-state index contributed by atoms with van der Waals surface area (Å²) in [6, 6.07) is 5.01. The third-order valence-corrected chi connectivity index (χ3v) is 7.31. The van der Waals surface area contributed by atoms with Crippen molar-refractivity contribution in [3.8, 4) is 0 Å². The Morgan fingerprint density at radius 1 is 1.19 bits per heavy atom. The molecule has 2 N–H and O–H groups in total. The number of sulfonamides is 1. The average Bonchev–Trinajstić information content (AvgIpc) is 3.11. The molecule has 2 saturated heterocycles. The summed E-state index contributed by atoms with van der Waals surface area (Å²) in [7, 11) is -3.55. The van der Waals surface area contributed by atoms with E-state index >= 15 is 0 Å². The number of carbonyl (C=O) groups excluding carboxylic acids is 1. The van der Waals surface area contributed by atoms with Crippen LogP contribution in [0.5, 0.6) is 0 Å². The van der Waals surface area contributed by atoms with Gasteiger partial charge in [-0.1, -0.05) is 12.5 Å². The Morgan fingerprint density at radius 2 is 1.88 bits per heavy atom. The third kappa shape index (κ3) is 4.22. The molecule has 146 valence electrons. The second-order valence-electron chi connectivity index (χ2n) is 7.09. The molecule has 0 bridgehead atoms. The molecule has 0 radical (unpaired) electrons. The zero-order valence-corrected chi connectivity index (χ0v) is 16.8. The Labute approximate surface area is 162 Å². The van der Waals surface area contributed by atoms with Crippen molar-refractivity contribution in [1.82, 2.24) is 9.21 Å². The molecule has 1 unspecified atom stereocenters. The number of rotatable bonds is 4. The monoisotopic (exact) mass is 401 g/mol. The highest BCUT2D eigenvalue weighted by Gasteiger charge is 2.30. The van der Waals surface area contributed by atoms with E-state index in [2.05, 4.69) is 0 Å². The maximum Gasteiger partial charge on any atom is 0.253 e. The van der Waals surface area contributed by atoms with Gasteiger partial charge in [0.1, 0.15) is 0 Å². The van der Waals surface area contributed by atoms with Crippen LogP contribution in [0.2, 0.25) is 0 Å². The SMILES string of the molecule is Cc1ccc(C(=O)N2CCC(CN)C2)cc1S(=O)(=O)N1CCCCC1.Cl. The van der Waals surface area contributed by atoms with Crippen molar-refractivity contribution >= 4 is 28.3 Å². The first-order chi connectivity index (χ1) is 11.9. The van der Waals surface area contributed by atoms with Crippen LogP contribution in [0.4, 0.5) is 0 Å². The molecule has 8 heteroatoms. The van der Waals surface area contributed by atoms with Gasteiger partial charge in [0.25, 0.3) is 5.91 Å². The summed E-state index contributed by atoms with van der Waals surface area (Å²) in [6.45, 7) is 4.81. The summed E-state index contributed by atoms with van der Waals surface area (Å²) in [6.07, 6.45) is 3.77. The molecule has 0 saturated carbocycles. The molecule has 2 aliphatic heterocycles. The van der Waals surface area contributed by atoms with Crippen LogP contribution in [-0.4, -0.2) is 56.3 Å². The second-order valence-corrected chi connectivity index (χ2v) is 8.99. The maximum absolute atomic E-state index is 13.0. The number of benzene rings is 1. The summed E-state index contributed by atoms with van der Waals surface area (Å²) < 4.78 is 27.5. The van der Waals surface area contributed by atoms with E-state index in [0.29, 0.717) is 49.8 Å². The van der Waals surface area contributed by atoms with E-state index in [1.807, 2.05) is 0 Å². The Kier molecular flexibility index (Phi) is 7.07. The van der Waals surface area contributed by atoms with Crippen LogP contribution < -0.4 is 5.73 Å². The van der Waals surface area contributed by atoms with Gasteiger partial charge in [0.05, 0.1) is 4.90 Å². The molecular weight excluding hydrogens is 374 g/mol. The summed E-state index contributed by atoms with van der Waals surface area (Å²) in [4.78, 5) is 14.8. The van der Waals surface area contributed by atoms with Crippen molar-refractivity contribution in [3.05, 3.63) is 29.3 Å². The smallest absolute Gasteiger partial charge is 0.253 e. The van der Waals surface area contributed by atoms with Gasteiger partial charge in [-0.05, 0) is 56.3 Å². The van der Waals surface area contributed by atoms with Crippen LogP contribution in [-0.2, 0) is 10.0 Å². The molecule has 2 heterocycles. The largest absolute Gasteiger partial charge is 0.338 e. The van der Waals surface area contributed by atoms with Gasteiger partial charge in [0.15, 0.2) is 0 Å². The standard InChI is InChI=1S/C18H27N3O3S.ClH/c1-14-5-6-16(18(22)20-10-7-15(12-19)13-20)11-17(14)25(23,24)21-8-3-2-4-9-21;/h5-6,11,15H,2-4,7-10,12-13,19H2,1H3;1H. The maximum atomic E-state index is 13.0. The van der Waals surface area contributed by atoms with Gasteiger partial charge in [-0.2, -0.15) is 4.31 Å².